The molecular formula is C22H32IN5O2. The van der Waals surface area contributed by atoms with Crippen LogP contribution < -0.4 is 5.32 Å². The first kappa shape index (κ1) is 23.0. The zero-order valence-electron chi connectivity index (χ0n) is 17.8. The number of benzene rings is 1. The number of aromatic nitrogens is 1. The van der Waals surface area contributed by atoms with E-state index in [4.69, 9.17) is 9.15 Å². The summed E-state index contributed by atoms with van der Waals surface area (Å²) in [5.74, 6) is 1.65. The highest BCUT2D eigenvalue weighted by Crippen LogP contribution is 2.19. The van der Waals surface area contributed by atoms with Crippen LogP contribution in [0.4, 0.5) is 0 Å². The summed E-state index contributed by atoms with van der Waals surface area (Å²) < 4.78 is 11.1. The number of guanidine groups is 1. The summed E-state index contributed by atoms with van der Waals surface area (Å²) in [4.78, 5) is 14.0. The highest BCUT2D eigenvalue weighted by molar-refractivity contribution is 14.0. The molecular weight excluding hydrogens is 493 g/mol. The number of aryl methyl sites for hydroxylation is 1. The van der Waals surface area contributed by atoms with Crippen molar-refractivity contribution in [1.29, 1.82) is 0 Å². The second kappa shape index (κ2) is 11.1. The average Bonchev–Trinajstić information content (AvgIpc) is 3.43. The molecule has 0 spiro atoms. The Labute approximate surface area is 195 Å². The molecule has 1 aromatic carbocycles. The number of rotatable bonds is 5. The van der Waals surface area contributed by atoms with Gasteiger partial charge in [0.15, 0.2) is 5.96 Å². The van der Waals surface area contributed by atoms with Gasteiger partial charge in [0.25, 0.3) is 0 Å². The number of morpholine rings is 1. The lowest BCUT2D eigenvalue weighted by Crippen LogP contribution is -2.46. The Kier molecular flexibility index (Phi) is 8.52. The predicted octanol–water partition coefficient (Wildman–Crippen LogP) is 2.79. The molecule has 1 aromatic heterocycles. The van der Waals surface area contributed by atoms with Gasteiger partial charge in [-0.15, -0.1) is 24.0 Å². The summed E-state index contributed by atoms with van der Waals surface area (Å²) in [5, 5.41) is 3.49. The van der Waals surface area contributed by atoms with E-state index in [1.165, 1.54) is 12.0 Å². The van der Waals surface area contributed by atoms with E-state index in [0.29, 0.717) is 11.9 Å². The Balaban J connectivity index is 0.00000256. The van der Waals surface area contributed by atoms with Crippen LogP contribution in [0.2, 0.25) is 0 Å². The van der Waals surface area contributed by atoms with Crippen molar-refractivity contribution < 1.29 is 9.15 Å². The Bertz CT molecular complexity index is 817. The molecule has 164 valence electrons. The number of likely N-dealkylation sites (tertiary alicyclic amines) is 1. The molecule has 2 aliphatic rings. The quantitative estimate of drug-likeness (QED) is 0.368. The molecule has 1 N–H and O–H groups in total. The largest absolute Gasteiger partial charge is 0.444 e. The maximum atomic E-state index is 5.66. The van der Waals surface area contributed by atoms with Crippen LogP contribution in [0.25, 0.3) is 11.5 Å². The van der Waals surface area contributed by atoms with Crippen LogP contribution in [-0.4, -0.2) is 79.8 Å². The summed E-state index contributed by atoms with van der Waals surface area (Å²) in [6, 6.07) is 8.84. The average molecular weight is 525 g/mol. The van der Waals surface area contributed by atoms with E-state index in [0.717, 1.165) is 69.6 Å². The molecule has 2 aliphatic heterocycles. The molecule has 2 fully saturated rings. The van der Waals surface area contributed by atoms with Gasteiger partial charge in [-0.25, -0.2) is 4.98 Å². The van der Waals surface area contributed by atoms with E-state index in [1.807, 2.05) is 19.2 Å². The highest BCUT2D eigenvalue weighted by Gasteiger charge is 2.30. The topological polar surface area (TPSA) is 66.1 Å². The summed E-state index contributed by atoms with van der Waals surface area (Å²) in [6.45, 7) is 8.72. The van der Waals surface area contributed by atoms with Crippen molar-refractivity contribution in [3.63, 3.8) is 0 Å². The second-order valence-electron chi connectivity index (χ2n) is 7.77. The van der Waals surface area contributed by atoms with Gasteiger partial charge in [-0.1, -0.05) is 17.7 Å². The van der Waals surface area contributed by atoms with Crippen LogP contribution in [0, 0.1) is 6.92 Å². The van der Waals surface area contributed by atoms with Crippen LogP contribution >= 0.6 is 24.0 Å². The number of hydrogen-bond donors (Lipinski definition) is 1. The molecule has 8 heteroatoms. The van der Waals surface area contributed by atoms with Gasteiger partial charge in [0.2, 0.25) is 5.89 Å². The van der Waals surface area contributed by atoms with Gasteiger partial charge in [0, 0.05) is 57.8 Å². The number of hydrogen-bond acceptors (Lipinski definition) is 5. The molecule has 1 unspecified atom stereocenters. The fourth-order valence-corrected chi connectivity index (χ4v) is 4.06. The third-order valence-electron chi connectivity index (χ3n) is 5.75. The Hall–Kier alpha value is -1.65. The van der Waals surface area contributed by atoms with Gasteiger partial charge in [-0.05, 0) is 25.5 Å². The van der Waals surface area contributed by atoms with E-state index in [9.17, 15) is 0 Å². The van der Waals surface area contributed by atoms with E-state index in [-0.39, 0.29) is 24.0 Å². The first-order valence-corrected chi connectivity index (χ1v) is 10.5. The number of nitrogens with zero attached hydrogens (tertiary/aromatic N) is 4. The molecule has 0 aliphatic carbocycles. The Morgan fingerprint density at radius 2 is 1.97 bits per heavy atom. The maximum absolute atomic E-state index is 5.66. The molecule has 0 radical (unpaired) electrons. The van der Waals surface area contributed by atoms with Crippen molar-refractivity contribution in [2.75, 3.05) is 53.0 Å². The monoisotopic (exact) mass is 525 g/mol. The molecule has 0 amide bonds. The minimum absolute atomic E-state index is 0. The smallest absolute Gasteiger partial charge is 0.226 e. The number of aliphatic imine (C=N–C) groups is 1. The lowest BCUT2D eigenvalue weighted by Gasteiger charge is -2.32. The van der Waals surface area contributed by atoms with Gasteiger partial charge in [0.1, 0.15) is 6.26 Å². The van der Waals surface area contributed by atoms with Crippen LogP contribution in [-0.2, 0) is 11.2 Å². The zero-order valence-corrected chi connectivity index (χ0v) is 20.2. The summed E-state index contributed by atoms with van der Waals surface area (Å²) >= 11 is 0. The first-order valence-electron chi connectivity index (χ1n) is 10.5. The molecule has 30 heavy (non-hydrogen) atoms. The van der Waals surface area contributed by atoms with Crippen molar-refractivity contribution >= 4 is 29.9 Å². The van der Waals surface area contributed by atoms with Crippen LogP contribution in [0.5, 0.6) is 0 Å². The van der Waals surface area contributed by atoms with Gasteiger partial charge in [-0.3, -0.25) is 9.89 Å². The molecule has 7 nitrogen and oxygen atoms in total. The Morgan fingerprint density at radius 1 is 1.20 bits per heavy atom. The van der Waals surface area contributed by atoms with Crippen molar-refractivity contribution in [2.45, 2.75) is 25.8 Å². The van der Waals surface area contributed by atoms with Crippen LogP contribution in [0.1, 0.15) is 17.7 Å². The standard InChI is InChI=1S/C22H31N5O2.HI/c1-17-3-5-18(6-4-17)21-25-19(16-29-21)7-9-24-22(23-2)27-10-8-20(15-27)26-11-13-28-14-12-26;/h3-6,16,20H,7-15H2,1-2H3,(H,23,24);1H. The van der Waals surface area contributed by atoms with Crippen molar-refractivity contribution in [1.82, 2.24) is 20.1 Å². The van der Waals surface area contributed by atoms with Crippen LogP contribution in [0.3, 0.4) is 0 Å². The van der Waals surface area contributed by atoms with Gasteiger partial charge < -0.3 is 19.4 Å². The van der Waals surface area contributed by atoms with E-state index in [1.54, 1.807) is 6.26 Å². The van der Waals surface area contributed by atoms with E-state index >= 15 is 0 Å². The predicted molar refractivity (Wildman–Crippen MR) is 130 cm³/mol. The molecule has 1 atom stereocenters. The first-order chi connectivity index (χ1) is 14.2. The SMILES string of the molecule is CN=C(NCCc1coc(-c2ccc(C)cc2)n1)N1CCC(N2CCOCC2)C1.I. The minimum atomic E-state index is 0. The van der Waals surface area contributed by atoms with Gasteiger partial charge in [0.05, 0.1) is 18.9 Å². The maximum Gasteiger partial charge on any atom is 0.226 e. The number of ether oxygens (including phenoxy) is 1. The third kappa shape index (κ3) is 5.73. The van der Waals surface area contributed by atoms with Gasteiger partial charge >= 0.3 is 0 Å². The lowest BCUT2D eigenvalue weighted by molar-refractivity contribution is 0.0195. The molecule has 0 bridgehead atoms. The fourth-order valence-electron chi connectivity index (χ4n) is 4.06. The van der Waals surface area contributed by atoms with E-state index < -0.39 is 0 Å². The van der Waals surface area contributed by atoms with Gasteiger partial charge in [-0.2, -0.15) is 0 Å². The molecule has 4 rings (SSSR count). The van der Waals surface area contributed by atoms with Crippen molar-refractivity contribution in [2.24, 2.45) is 4.99 Å². The van der Waals surface area contributed by atoms with E-state index in [2.05, 4.69) is 44.1 Å². The lowest BCUT2D eigenvalue weighted by atomic mass is 10.1. The summed E-state index contributed by atoms with van der Waals surface area (Å²) in [6.07, 6.45) is 3.74. The third-order valence-corrected chi connectivity index (χ3v) is 5.75. The van der Waals surface area contributed by atoms with Crippen molar-refractivity contribution in [3.8, 4) is 11.5 Å². The van der Waals surface area contributed by atoms with Crippen molar-refractivity contribution in [3.05, 3.63) is 41.8 Å². The number of halogens is 1. The molecule has 2 aromatic rings. The normalized spacial score (nSPS) is 20.3. The number of oxazole rings is 1. The minimum Gasteiger partial charge on any atom is -0.444 e. The molecule has 0 saturated carbocycles. The fraction of sp³-hybridized carbons (Fsp3) is 0.545. The molecule has 3 heterocycles. The summed E-state index contributed by atoms with van der Waals surface area (Å²) in [5.41, 5.74) is 3.20. The molecule has 2 saturated heterocycles. The summed E-state index contributed by atoms with van der Waals surface area (Å²) in [7, 11) is 1.86. The van der Waals surface area contributed by atoms with Crippen LogP contribution in [0.15, 0.2) is 39.9 Å². The highest BCUT2D eigenvalue weighted by atomic mass is 127. The second-order valence-corrected chi connectivity index (χ2v) is 7.77. The zero-order chi connectivity index (χ0) is 20.1. The Morgan fingerprint density at radius 3 is 2.70 bits per heavy atom. The number of nitrogens with one attached hydrogen (secondary N) is 1.